The predicted molar refractivity (Wildman–Crippen MR) is 148 cm³/mol. The monoisotopic (exact) mass is 505 g/mol. The molecule has 190 valence electrons. The second-order valence-electron chi connectivity index (χ2n) is 9.19. The predicted octanol–water partition coefficient (Wildman–Crippen LogP) is 8.39. The first-order valence-corrected chi connectivity index (χ1v) is 13.5. The lowest BCUT2D eigenvalue weighted by molar-refractivity contribution is -0.117. The summed E-state index contributed by atoms with van der Waals surface area (Å²) in [4.78, 5) is 17.3. The first-order chi connectivity index (χ1) is 17.3. The van der Waals surface area contributed by atoms with Gasteiger partial charge in [0, 0.05) is 22.6 Å². The van der Waals surface area contributed by atoms with E-state index >= 15 is 0 Å². The Morgan fingerprint density at radius 3 is 2.25 bits per heavy atom. The van der Waals surface area contributed by atoms with Gasteiger partial charge in [-0.25, -0.2) is 9.37 Å². The highest BCUT2D eigenvalue weighted by Crippen LogP contribution is 2.29. The van der Waals surface area contributed by atoms with Gasteiger partial charge in [-0.1, -0.05) is 57.0 Å². The number of carbonyl (C=O) groups excluding carboxylic acids is 1. The number of rotatable bonds is 9. The first kappa shape index (κ1) is 27.5. The SMILES string of the molecule is CC(=O)Cn1nc(-c2ccc(F)c(C)c2)cc1-c1ccccc1.CCCC(CCC)c1ncc(C)s1. The molecule has 0 unspecified atom stereocenters. The van der Waals surface area contributed by atoms with Crippen molar-refractivity contribution in [2.24, 2.45) is 0 Å². The molecule has 0 amide bonds. The van der Waals surface area contributed by atoms with Crippen molar-refractivity contribution < 1.29 is 9.18 Å². The van der Waals surface area contributed by atoms with Crippen LogP contribution in [0.3, 0.4) is 0 Å². The molecule has 2 aromatic heterocycles. The Kier molecular flexibility index (Phi) is 10.1. The average Bonchev–Trinajstić information content (AvgIpc) is 3.48. The van der Waals surface area contributed by atoms with Crippen molar-refractivity contribution in [2.75, 3.05) is 0 Å². The van der Waals surface area contributed by atoms with Crippen LogP contribution in [0.2, 0.25) is 0 Å². The van der Waals surface area contributed by atoms with Gasteiger partial charge in [-0.15, -0.1) is 11.3 Å². The third kappa shape index (κ3) is 7.44. The maximum atomic E-state index is 13.5. The Morgan fingerprint density at radius 2 is 1.69 bits per heavy atom. The summed E-state index contributed by atoms with van der Waals surface area (Å²) in [6.07, 6.45) is 7.12. The van der Waals surface area contributed by atoms with Crippen LogP contribution in [0.15, 0.2) is 60.8 Å². The molecule has 0 fully saturated rings. The Morgan fingerprint density at radius 1 is 1.00 bits per heavy atom. The van der Waals surface area contributed by atoms with Gasteiger partial charge in [-0.3, -0.25) is 9.48 Å². The van der Waals surface area contributed by atoms with E-state index in [1.165, 1.54) is 48.6 Å². The van der Waals surface area contributed by atoms with Crippen molar-refractivity contribution in [3.63, 3.8) is 0 Å². The number of thiazole rings is 1. The Hall–Kier alpha value is -3.12. The Balaban J connectivity index is 0.000000236. The standard InChI is InChI=1S/C19H17FN2O.C11H19NS/c1-13-10-16(8-9-17(13)20)18-11-19(15-6-4-3-5-7-15)22(21-18)12-14(2)23;1-4-6-10(7-5-2)11-12-8-9(3)13-11/h3-11H,12H2,1-2H3;8,10H,4-7H2,1-3H3. The molecule has 4 aromatic rings. The Bertz CT molecular complexity index is 1260. The number of halogens is 1. The number of ketones is 1. The number of aryl methyl sites for hydroxylation is 2. The number of benzene rings is 2. The van der Waals surface area contributed by atoms with Crippen LogP contribution in [-0.4, -0.2) is 20.5 Å². The molecule has 0 atom stereocenters. The van der Waals surface area contributed by atoms with E-state index in [4.69, 9.17) is 0 Å². The van der Waals surface area contributed by atoms with Crippen molar-refractivity contribution in [1.82, 2.24) is 14.8 Å². The van der Waals surface area contributed by atoms with Crippen LogP contribution in [0.5, 0.6) is 0 Å². The molecule has 6 heteroatoms. The van der Waals surface area contributed by atoms with Crippen LogP contribution in [0.4, 0.5) is 4.39 Å². The molecule has 4 nitrogen and oxygen atoms in total. The minimum Gasteiger partial charge on any atom is -0.298 e. The molecule has 0 spiro atoms. The Labute approximate surface area is 218 Å². The van der Waals surface area contributed by atoms with E-state index in [0.717, 1.165) is 22.5 Å². The van der Waals surface area contributed by atoms with Gasteiger partial charge in [0.25, 0.3) is 0 Å². The number of hydrogen-bond acceptors (Lipinski definition) is 4. The lowest BCUT2D eigenvalue weighted by atomic mass is 9.99. The highest BCUT2D eigenvalue weighted by Gasteiger charge is 2.14. The molecular formula is C30H36FN3OS. The molecule has 0 aliphatic carbocycles. The molecule has 0 saturated carbocycles. The number of carbonyl (C=O) groups is 1. The van der Waals surface area contributed by atoms with Crippen molar-refractivity contribution in [3.05, 3.63) is 82.1 Å². The molecule has 0 N–H and O–H groups in total. The molecule has 4 rings (SSSR count). The van der Waals surface area contributed by atoms with Crippen molar-refractivity contribution in [3.8, 4) is 22.5 Å². The molecule has 0 saturated heterocycles. The van der Waals surface area contributed by atoms with E-state index in [0.29, 0.717) is 11.5 Å². The number of aromatic nitrogens is 3. The van der Waals surface area contributed by atoms with Crippen molar-refractivity contribution in [2.45, 2.75) is 72.8 Å². The third-order valence-corrected chi connectivity index (χ3v) is 7.01. The summed E-state index contributed by atoms with van der Waals surface area (Å²) >= 11 is 1.86. The molecule has 0 bridgehead atoms. The summed E-state index contributed by atoms with van der Waals surface area (Å²) in [5.41, 5.74) is 4.01. The second-order valence-corrected chi connectivity index (χ2v) is 10.5. The van der Waals surface area contributed by atoms with Gasteiger partial charge in [-0.2, -0.15) is 5.10 Å². The quantitative estimate of drug-likeness (QED) is 0.229. The highest BCUT2D eigenvalue weighted by atomic mass is 32.1. The average molecular weight is 506 g/mol. The zero-order valence-electron chi connectivity index (χ0n) is 21.9. The molecule has 0 aliphatic rings. The lowest BCUT2D eigenvalue weighted by Gasteiger charge is -2.11. The highest BCUT2D eigenvalue weighted by molar-refractivity contribution is 7.11. The fraction of sp³-hybridized carbons (Fsp3) is 0.367. The normalized spacial score (nSPS) is 10.9. The molecule has 0 radical (unpaired) electrons. The minimum atomic E-state index is -0.236. The van der Waals surface area contributed by atoms with Crippen LogP contribution >= 0.6 is 11.3 Å². The summed E-state index contributed by atoms with van der Waals surface area (Å²) in [6, 6.07) is 16.6. The fourth-order valence-corrected chi connectivity index (χ4v) is 5.13. The van der Waals surface area contributed by atoms with Crippen LogP contribution in [0.25, 0.3) is 22.5 Å². The van der Waals surface area contributed by atoms with Gasteiger partial charge in [-0.05, 0) is 69.0 Å². The second kappa shape index (κ2) is 13.3. The van der Waals surface area contributed by atoms with Crippen LogP contribution in [-0.2, 0) is 11.3 Å². The number of hydrogen-bond donors (Lipinski definition) is 0. The summed E-state index contributed by atoms with van der Waals surface area (Å²) < 4.78 is 15.2. The van der Waals surface area contributed by atoms with E-state index < -0.39 is 0 Å². The summed E-state index contributed by atoms with van der Waals surface area (Å²) in [6.45, 7) is 10.1. The maximum absolute atomic E-state index is 13.5. The van der Waals surface area contributed by atoms with E-state index in [9.17, 15) is 9.18 Å². The third-order valence-electron chi connectivity index (χ3n) is 5.94. The molecule has 0 aliphatic heterocycles. The lowest BCUT2D eigenvalue weighted by Crippen LogP contribution is -2.09. The number of Topliss-reactive ketones (excluding diaryl/α,β-unsaturated/α-hetero) is 1. The van der Waals surface area contributed by atoms with E-state index in [1.54, 1.807) is 23.7 Å². The summed E-state index contributed by atoms with van der Waals surface area (Å²) in [5.74, 6) is 0.515. The van der Waals surface area contributed by atoms with Crippen LogP contribution < -0.4 is 0 Å². The van der Waals surface area contributed by atoms with Gasteiger partial charge in [0.1, 0.15) is 5.82 Å². The van der Waals surface area contributed by atoms with Crippen molar-refractivity contribution >= 4 is 17.1 Å². The molecule has 2 heterocycles. The zero-order valence-corrected chi connectivity index (χ0v) is 22.7. The van der Waals surface area contributed by atoms with E-state index in [2.05, 4.69) is 30.9 Å². The molecule has 36 heavy (non-hydrogen) atoms. The smallest absolute Gasteiger partial charge is 0.151 e. The zero-order chi connectivity index (χ0) is 26.1. The topological polar surface area (TPSA) is 47.8 Å². The molecular weight excluding hydrogens is 469 g/mol. The van der Waals surface area contributed by atoms with Gasteiger partial charge in [0.15, 0.2) is 5.78 Å². The first-order valence-electron chi connectivity index (χ1n) is 12.6. The largest absolute Gasteiger partial charge is 0.298 e. The van der Waals surface area contributed by atoms with Gasteiger partial charge in [0.05, 0.1) is 22.9 Å². The number of nitrogens with zero attached hydrogens (tertiary/aromatic N) is 3. The fourth-order valence-electron chi connectivity index (χ4n) is 4.18. The van der Waals surface area contributed by atoms with Gasteiger partial charge in [0.2, 0.25) is 0 Å². The van der Waals surface area contributed by atoms with Crippen LogP contribution in [0, 0.1) is 19.7 Å². The molecule has 2 aromatic carbocycles. The minimum absolute atomic E-state index is 0.0344. The summed E-state index contributed by atoms with van der Waals surface area (Å²) in [5, 5.41) is 5.89. The van der Waals surface area contributed by atoms with Crippen molar-refractivity contribution in [1.29, 1.82) is 0 Å². The van der Waals surface area contributed by atoms with E-state index in [1.807, 2.05) is 53.9 Å². The maximum Gasteiger partial charge on any atom is 0.151 e. The van der Waals surface area contributed by atoms with Crippen LogP contribution in [0.1, 0.15) is 67.8 Å². The van der Waals surface area contributed by atoms with Gasteiger partial charge < -0.3 is 0 Å². The van der Waals surface area contributed by atoms with Gasteiger partial charge >= 0.3 is 0 Å². The van der Waals surface area contributed by atoms with E-state index in [-0.39, 0.29) is 18.1 Å². The summed E-state index contributed by atoms with van der Waals surface area (Å²) in [7, 11) is 0.